The van der Waals surface area contributed by atoms with E-state index in [1.54, 1.807) is 24.3 Å². The van der Waals surface area contributed by atoms with E-state index in [0.29, 0.717) is 22.3 Å². The van der Waals surface area contributed by atoms with E-state index in [-0.39, 0.29) is 45.7 Å². The molecule has 0 bridgehead atoms. The van der Waals surface area contributed by atoms with Gasteiger partial charge in [0, 0.05) is 10.8 Å². The van der Waals surface area contributed by atoms with Crippen molar-refractivity contribution in [3.63, 3.8) is 0 Å². The molecule has 0 amide bonds. The minimum absolute atomic E-state index is 0.192. The molecule has 9 aromatic rings. The van der Waals surface area contributed by atoms with Gasteiger partial charge >= 0.3 is 0 Å². The molecule has 200 valence electrons. The molecule has 0 saturated carbocycles. The SMILES string of the molecule is [2H]c1c([2H])c([2H])c2c(-c3cccc(-c4ccc5oc6ccc7ccccc7c6c5c4)c3)c3c([2H])c([2H])c([2H])c([2H])c3c(-c3ccccc3)c2c1[2H]. The Morgan fingerprint density at radius 2 is 0.977 bits per heavy atom. The van der Waals surface area contributed by atoms with Crippen LogP contribution in [0.5, 0.6) is 0 Å². The summed E-state index contributed by atoms with van der Waals surface area (Å²) in [4.78, 5) is 0. The van der Waals surface area contributed by atoms with E-state index >= 15 is 0 Å². The summed E-state index contributed by atoms with van der Waals surface area (Å²) in [5.74, 6) is 0. The Morgan fingerprint density at radius 1 is 0.395 bits per heavy atom. The van der Waals surface area contributed by atoms with Crippen molar-refractivity contribution in [1.82, 2.24) is 0 Å². The second-order valence-electron chi connectivity index (χ2n) is 10.7. The van der Waals surface area contributed by atoms with Crippen molar-refractivity contribution in [3.05, 3.63) is 158 Å². The van der Waals surface area contributed by atoms with Gasteiger partial charge in [0.25, 0.3) is 0 Å². The van der Waals surface area contributed by atoms with E-state index < -0.39 is 24.2 Å². The maximum atomic E-state index is 9.21. The lowest BCUT2D eigenvalue weighted by Gasteiger charge is -2.18. The van der Waals surface area contributed by atoms with Crippen LogP contribution >= 0.6 is 0 Å². The fourth-order valence-electron chi connectivity index (χ4n) is 6.39. The standard InChI is InChI=1S/C42H26O/c1-2-12-28(13-3-1)40-33-17-6-8-19-35(33)41(36-20-9-7-18-34(36)40)31-15-10-14-29(25-31)30-22-23-38-37(26-30)42-32-16-5-4-11-27(32)21-24-39(42)43-38/h1-26H/i6D,7D,8D,9D,17D,18D,19D,20D. The Hall–Kier alpha value is -5.66. The van der Waals surface area contributed by atoms with Crippen molar-refractivity contribution < 1.29 is 15.4 Å². The second-order valence-corrected chi connectivity index (χ2v) is 10.7. The van der Waals surface area contributed by atoms with E-state index in [2.05, 4.69) is 18.2 Å². The highest BCUT2D eigenvalue weighted by molar-refractivity contribution is 6.22. The third-order valence-electron chi connectivity index (χ3n) is 8.28. The lowest BCUT2D eigenvalue weighted by molar-refractivity contribution is 0.669. The number of rotatable bonds is 3. The zero-order valence-corrected chi connectivity index (χ0v) is 22.8. The summed E-state index contributed by atoms with van der Waals surface area (Å²) in [5.41, 5.74) is 5.04. The van der Waals surface area contributed by atoms with Crippen molar-refractivity contribution in [1.29, 1.82) is 0 Å². The van der Waals surface area contributed by atoms with Crippen LogP contribution in [-0.4, -0.2) is 0 Å². The van der Waals surface area contributed by atoms with Crippen LogP contribution in [0.1, 0.15) is 11.0 Å². The van der Waals surface area contributed by atoms with Gasteiger partial charge in [-0.15, -0.1) is 0 Å². The van der Waals surface area contributed by atoms with E-state index in [1.165, 1.54) is 0 Å². The number of hydrogen-bond acceptors (Lipinski definition) is 1. The summed E-state index contributed by atoms with van der Waals surface area (Å²) in [6.45, 7) is 0. The number of hydrogen-bond donors (Lipinski definition) is 0. The van der Waals surface area contributed by atoms with Crippen LogP contribution in [-0.2, 0) is 0 Å². The molecular weight excluding hydrogens is 520 g/mol. The Balaban J connectivity index is 1.40. The molecule has 9 rings (SSSR count). The van der Waals surface area contributed by atoms with E-state index in [1.807, 2.05) is 66.7 Å². The molecule has 0 aliphatic heterocycles. The normalized spacial score (nSPS) is 14.3. The minimum atomic E-state index is -0.423. The predicted molar refractivity (Wildman–Crippen MR) is 183 cm³/mol. The van der Waals surface area contributed by atoms with Gasteiger partial charge in [-0.3, -0.25) is 0 Å². The van der Waals surface area contributed by atoms with Crippen LogP contribution < -0.4 is 0 Å². The van der Waals surface area contributed by atoms with Gasteiger partial charge in [-0.05, 0) is 90.0 Å². The lowest BCUT2D eigenvalue weighted by atomic mass is 9.85. The number of benzene rings is 8. The van der Waals surface area contributed by atoms with E-state index in [4.69, 9.17) is 12.6 Å². The van der Waals surface area contributed by atoms with Gasteiger partial charge in [0.15, 0.2) is 0 Å². The molecular formula is C42H26O. The smallest absolute Gasteiger partial charge is 0.136 e. The van der Waals surface area contributed by atoms with Gasteiger partial charge in [0.1, 0.15) is 11.2 Å². The zero-order chi connectivity index (χ0) is 35.3. The first kappa shape index (κ1) is 17.3. The summed E-state index contributed by atoms with van der Waals surface area (Å²) in [7, 11) is 0. The van der Waals surface area contributed by atoms with Gasteiger partial charge in [0.2, 0.25) is 0 Å². The van der Waals surface area contributed by atoms with Gasteiger partial charge in [-0.25, -0.2) is 0 Å². The number of furan rings is 1. The van der Waals surface area contributed by atoms with Gasteiger partial charge in [-0.2, -0.15) is 0 Å². The van der Waals surface area contributed by atoms with Crippen molar-refractivity contribution in [2.75, 3.05) is 0 Å². The average molecular weight is 555 g/mol. The molecule has 0 N–H and O–H groups in total. The predicted octanol–water partition coefficient (Wildman–Crippen LogP) is 12.0. The molecule has 0 aliphatic rings. The molecule has 1 heteroatoms. The Morgan fingerprint density at radius 3 is 1.72 bits per heavy atom. The maximum absolute atomic E-state index is 9.21. The highest BCUT2D eigenvalue weighted by Crippen LogP contribution is 2.44. The Labute approximate surface area is 260 Å². The monoisotopic (exact) mass is 554 g/mol. The molecule has 0 atom stereocenters. The Bertz CT molecular complexity index is 2870. The molecule has 43 heavy (non-hydrogen) atoms. The molecule has 0 radical (unpaired) electrons. The second kappa shape index (κ2) is 9.44. The van der Waals surface area contributed by atoms with E-state index in [0.717, 1.165) is 43.8 Å². The van der Waals surface area contributed by atoms with Crippen LogP contribution in [0.3, 0.4) is 0 Å². The first-order chi connectivity index (χ1) is 24.7. The molecule has 0 aliphatic carbocycles. The van der Waals surface area contributed by atoms with Gasteiger partial charge < -0.3 is 4.42 Å². The average Bonchev–Trinajstić information content (AvgIpc) is 3.55. The fraction of sp³-hybridized carbons (Fsp3) is 0. The maximum Gasteiger partial charge on any atom is 0.136 e. The van der Waals surface area contributed by atoms with E-state index in [9.17, 15) is 2.74 Å². The molecule has 0 spiro atoms. The third-order valence-corrected chi connectivity index (χ3v) is 8.28. The van der Waals surface area contributed by atoms with Crippen LogP contribution in [0.25, 0.3) is 87.6 Å². The quantitative estimate of drug-likeness (QED) is 0.198. The number of fused-ring (bicyclic) bond motifs is 7. The molecule has 1 heterocycles. The first-order valence-corrected chi connectivity index (χ1v) is 14.1. The van der Waals surface area contributed by atoms with Crippen LogP contribution in [0.4, 0.5) is 0 Å². The van der Waals surface area contributed by atoms with Crippen molar-refractivity contribution in [2.45, 2.75) is 0 Å². The summed E-state index contributed by atoms with van der Waals surface area (Å²) >= 11 is 0. The molecule has 0 saturated heterocycles. The molecule has 1 nitrogen and oxygen atoms in total. The summed E-state index contributed by atoms with van der Waals surface area (Å²) in [5, 5.41) is 4.94. The van der Waals surface area contributed by atoms with Gasteiger partial charge in [-0.1, -0.05) is 133 Å². The topological polar surface area (TPSA) is 13.1 Å². The first-order valence-electron chi connectivity index (χ1n) is 18.1. The zero-order valence-electron chi connectivity index (χ0n) is 30.8. The molecule has 0 unspecified atom stereocenters. The van der Waals surface area contributed by atoms with Crippen LogP contribution in [0.2, 0.25) is 0 Å². The third kappa shape index (κ3) is 3.72. The van der Waals surface area contributed by atoms with Gasteiger partial charge in [0.05, 0.1) is 11.0 Å². The summed E-state index contributed by atoms with van der Waals surface area (Å²) in [6.07, 6.45) is 0. The largest absolute Gasteiger partial charge is 0.456 e. The fourth-order valence-corrected chi connectivity index (χ4v) is 6.39. The minimum Gasteiger partial charge on any atom is -0.456 e. The summed E-state index contributed by atoms with van der Waals surface area (Å²) in [6, 6.07) is 31.9. The molecule has 0 fully saturated rings. The van der Waals surface area contributed by atoms with Crippen molar-refractivity contribution >= 4 is 54.3 Å². The van der Waals surface area contributed by atoms with Crippen molar-refractivity contribution in [2.24, 2.45) is 0 Å². The van der Waals surface area contributed by atoms with Crippen LogP contribution in [0, 0.1) is 0 Å². The lowest BCUT2D eigenvalue weighted by Crippen LogP contribution is -1.91. The van der Waals surface area contributed by atoms with Crippen molar-refractivity contribution in [3.8, 4) is 33.4 Å². The summed E-state index contributed by atoms with van der Waals surface area (Å²) < 4.78 is 77.6. The highest BCUT2D eigenvalue weighted by Gasteiger charge is 2.17. The Kier molecular flexibility index (Phi) is 3.80. The van der Waals surface area contributed by atoms with Crippen LogP contribution in [0.15, 0.2) is 162 Å². The highest BCUT2D eigenvalue weighted by atomic mass is 16.3. The molecule has 8 aromatic carbocycles. The molecule has 1 aromatic heterocycles.